The van der Waals surface area contributed by atoms with E-state index in [2.05, 4.69) is 0 Å². The van der Waals surface area contributed by atoms with Crippen LogP contribution in [-0.4, -0.2) is 39.1 Å². The van der Waals surface area contributed by atoms with E-state index in [1.54, 1.807) is 4.68 Å². The summed E-state index contributed by atoms with van der Waals surface area (Å²) in [6.07, 6.45) is -0.706. The second kappa shape index (κ2) is 7.55. The van der Waals surface area contributed by atoms with Crippen molar-refractivity contribution >= 4 is 18.0 Å². The monoisotopic (exact) mass is 409 g/mol. The summed E-state index contributed by atoms with van der Waals surface area (Å²) < 4.78 is 21.1. The predicted octanol–water partition coefficient (Wildman–Crippen LogP) is 3.24. The summed E-state index contributed by atoms with van der Waals surface area (Å²) in [5, 5.41) is 4.74. The predicted molar refractivity (Wildman–Crippen MR) is 106 cm³/mol. The van der Waals surface area contributed by atoms with E-state index in [-0.39, 0.29) is 31.0 Å². The second-order valence-electron chi connectivity index (χ2n) is 6.99. The molecule has 7 nitrogen and oxygen atoms in total. The van der Waals surface area contributed by atoms with Gasteiger partial charge in [-0.15, -0.1) is 0 Å². The summed E-state index contributed by atoms with van der Waals surface area (Å²) >= 11 is 5.76. The molecule has 0 unspecified atom stereocenters. The Balaban J connectivity index is 1.53. The van der Waals surface area contributed by atoms with E-state index in [1.165, 1.54) is 0 Å². The van der Waals surface area contributed by atoms with Gasteiger partial charge in [-0.3, -0.25) is 9.36 Å². The fourth-order valence-electron chi connectivity index (χ4n) is 3.70. The van der Waals surface area contributed by atoms with Gasteiger partial charge in [0.1, 0.15) is 18.5 Å². The number of hydrogen-bond donors (Lipinski definition) is 0. The molecule has 3 aromatic rings. The van der Waals surface area contributed by atoms with Crippen LogP contribution in [0, 0.1) is 4.77 Å². The lowest BCUT2D eigenvalue weighted by atomic mass is 10.0. The van der Waals surface area contributed by atoms with Crippen LogP contribution in [0.4, 0.5) is 0 Å². The Morgan fingerprint density at radius 1 is 1.10 bits per heavy atom. The minimum atomic E-state index is -0.748. The van der Waals surface area contributed by atoms with E-state index in [1.807, 2.05) is 65.2 Å². The number of benzene rings is 2. The van der Waals surface area contributed by atoms with Crippen molar-refractivity contribution in [2.24, 2.45) is 0 Å². The largest absolute Gasteiger partial charge is 0.486 e. The molecule has 0 saturated carbocycles. The summed E-state index contributed by atoms with van der Waals surface area (Å²) in [6.45, 7) is 0.595. The van der Waals surface area contributed by atoms with Crippen molar-refractivity contribution in [3.05, 3.63) is 71.3 Å². The third-order valence-corrected chi connectivity index (χ3v) is 5.49. The molecule has 0 N–H and O–H groups in total. The smallest absolute Gasteiger partial charge is 0.218 e. The van der Waals surface area contributed by atoms with Crippen LogP contribution in [0.15, 0.2) is 60.7 Å². The van der Waals surface area contributed by atoms with Crippen LogP contribution in [0.5, 0.6) is 5.75 Å². The lowest BCUT2D eigenvalue weighted by Crippen LogP contribution is -2.37. The van der Waals surface area contributed by atoms with Crippen LogP contribution in [0.3, 0.4) is 0 Å². The van der Waals surface area contributed by atoms with Gasteiger partial charge in [-0.25, -0.2) is 4.68 Å². The molecule has 3 heterocycles. The normalized spacial score (nSPS) is 23.3. The van der Waals surface area contributed by atoms with Crippen molar-refractivity contribution < 1.29 is 19.0 Å². The third-order valence-electron chi connectivity index (χ3n) is 5.12. The lowest BCUT2D eigenvalue weighted by molar-refractivity contribution is -0.156. The molecule has 2 bridgehead atoms. The number of aromatic nitrogens is 3. The lowest BCUT2D eigenvalue weighted by Gasteiger charge is -2.26. The standard InChI is InChI=1S/C21H19N3O4S/c25-17-11-16(18-12-27-20(17)28-18)24-21(29)23(14-7-3-1-4-8-14)19(22-24)13-26-15-9-5-2-6-10-15/h1-10,16,18,20H,11-13H2/t16-,18+,20+/m1/s1. The Labute approximate surface area is 172 Å². The number of rotatable bonds is 5. The molecule has 2 aromatic carbocycles. The van der Waals surface area contributed by atoms with Crippen LogP contribution in [0.2, 0.25) is 0 Å². The fraction of sp³-hybridized carbons (Fsp3) is 0.286. The molecule has 3 atom stereocenters. The summed E-state index contributed by atoms with van der Waals surface area (Å²) in [4.78, 5) is 12.3. The molecule has 0 aliphatic carbocycles. The molecule has 8 heteroatoms. The number of carbonyl (C=O) groups excluding carboxylic acids is 1. The Hall–Kier alpha value is -2.81. The van der Waals surface area contributed by atoms with Crippen LogP contribution < -0.4 is 4.74 Å². The average Bonchev–Trinajstić information content (AvgIpc) is 3.33. The van der Waals surface area contributed by atoms with Crippen molar-refractivity contribution in [3.8, 4) is 11.4 Å². The highest BCUT2D eigenvalue weighted by atomic mass is 32.1. The Kier molecular flexibility index (Phi) is 4.75. The quantitative estimate of drug-likeness (QED) is 0.603. The summed E-state index contributed by atoms with van der Waals surface area (Å²) in [5.41, 5.74) is 0.888. The molecule has 2 saturated heterocycles. The molecular formula is C21H19N3O4S. The van der Waals surface area contributed by atoms with Gasteiger partial charge in [-0.05, 0) is 36.5 Å². The van der Waals surface area contributed by atoms with E-state index in [9.17, 15) is 4.79 Å². The zero-order valence-corrected chi connectivity index (χ0v) is 16.3. The Morgan fingerprint density at radius 3 is 2.59 bits per heavy atom. The van der Waals surface area contributed by atoms with Gasteiger partial charge in [0.05, 0.1) is 12.6 Å². The van der Waals surface area contributed by atoms with E-state index in [0.717, 1.165) is 11.4 Å². The number of carbonyl (C=O) groups is 1. The Morgan fingerprint density at radius 2 is 1.83 bits per heavy atom. The molecule has 5 rings (SSSR count). The van der Waals surface area contributed by atoms with Crippen molar-refractivity contribution in [3.63, 3.8) is 0 Å². The van der Waals surface area contributed by atoms with Crippen LogP contribution in [0.25, 0.3) is 5.69 Å². The van der Waals surface area contributed by atoms with E-state index in [0.29, 0.717) is 17.2 Å². The highest BCUT2D eigenvalue weighted by Gasteiger charge is 2.45. The van der Waals surface area contributed by atoms with Crippen molar-refractivity contribution in [2.45, 2.75) is 31.5 Å². The molecule has 0 radical (unpaired) electrons. The van der Waals surface area contributed by atoms with E-state index < -0.39 is 6.29 Å². The molecule has 0 amide bonds. The van der Waals surface area contributed by atoms with Gasteiger partial charge in [0, 0.05) is 12.1 Å². The molecule has 29 heavy (non-hydrogen) atoms. The topological polar surface area (TPSA) is 67.5 Å². The first kappa shape index (κ1) is 18.2. The second-order valence-corrected chi connectivity index (χ2v) is 7.36. The van der Waals surface area contributed by atoms with Gasteiger partial charge in [-0.2, -0.15) is 5.10 Å². The molecule has 0 spiro atoms. The maximum Gasteiger partial charge on any atom is 0.218 e. The van der Waals surface area contributed by atoms with Gasteiger partial charge < -0.3 is 14.2 Å². The van der Waals surface area contributed by atoms with E-state index in [4.69, 9.17) is 31.5 Å². The number of hydrogen-bond acceptors (Lipinski definition) is 6. The molecule has 1 aromatic heterocycles. The van der Waals surface area contributed by atoms with Crippen LogP contribution in [0.1, 0.15) is 18.3 Å². The number of nitrogens with zero attached hydrogens (tertiary/aromatic N) is 3. The zero-order chi connectivity index (χ0) is 19.8. The highest BCUT2D eigenvalue weighted by Crippen LogP contribution is 2.33. The number of fused-ring (bicyclic) bond motifs is 2. The third kappa shape index (κ3) is 3.39. The fourth-order valence-corrected chi connectivity index (χ4v) is 4.09. The summed E-state index contributed by atoms with van der Waals surface area (Å²) in [6, 6.07) is 19.0. The first-order chi connectivity index (χ1) is 14.2. The molecule has 2 aliphatic heterocycles. The first-order valence-electron chi connectivity index (χ1n) is 9.44. The molecule has 2 fully saturated rings. The van der Waals surface area contributed by atoms with Crippen molar-refractivity contribution in [2.75, 3.05) is 6.61 Å². The minimum Gasteiger partial charge on any atom is -0.486 e. The number of Topliss-reactive ketones (excluding diaryl/α,β-unsaturated/α-hetero) is 1. The zero-order valence-electron chi connectivity index (χ0n) is 15.5. The van der Waals surface area contributed by atoms with Crippen LogP contribution >= 0.6 is 12.2 Å². The van der Waals surface area contributed by atoms with Crippen molar-refractivity contribution in [1.82, 2.24) is 14.3 Å². The van der Waals surface area contributed by atoms with Crippen LogP contribution in [-0.2, 0) is 20.9 Å². The first-order valence-corrected chi connectivity index (χ1v) is 9.85. The minimum absolute atomic E-state index is 0.0815. The SMILES string of the molecule is O=C1C[C@@H](n2nc(COc3ccccc3)n(-c3ccccc3)c2=S)[C@@H]2CO[C@H]1O2. The van der Waals surface area contributed by atoms with Gasteiger partial charge >= 0.3 is 0 Å². The number of para-hydroxylation sites is 2. The number of ketones is 1. The van der Waals surface area contributed by atoms with E-state index >= 15 is 0 Å². The van der Waals surface area contributed by atoms with Gasteiger partial charge in [-0.1, -0.05) is 36.4 Å². The van der Waals surface area contributed by atoms with Gasteiger partial charge in [0.25, 0.3) is 0 Å². The van der Waals surface area contributed by atoms with Gasteiger partial charge in [0.2, 0.25) is 11.1 Å². The van der Waals surface area contributed by atoms with Crippen molar-refractivity contribution in [1.29, 1.82) is 0 Å². The van der Waals surface area contributed by atoms with Gasteiger partial charge in [0.15, 0.2) is 11.6 Å². The molecule has 2 aliphatic rings. The maximum atomic E-state index is 12.3. The molecule has 148 valence electrons. The Bertz CT molecular complexity index is 1080. The molecular weight excluding hydrogens is 390 g/mol. The average molecular weight is 409 g/mol. The maximum absolute atomic E-state index is 12.3. The summed E-state index contributed by atoms with van der Waals surface area (Å²) in [7, 11) is 0. The summed E-state index contributed by atoms with van der Waals surface area (Å²) in [5.74, 6) is 1.32. The highest BCUT2D eigenvalue weighted by molar-refractivity contribution is 7.71. The number of ether oxygens (including phenoxy) is 3.